The fraction of sp³-hybridized carbons (Fsp3) is 0.467. The van der Waals surface area contributed by atoms with Crippen LogP contribution in [0.4, 0.5) is 5.69 Å². The van der Waals surface area contributed by atoms with Gasteiger partial charge in [0.05, 0.1) is 18.4 Å². The number of carbonyl (C=O) groups excluding carboxylic acids is 1. The number of aromatic nitrogens is 3. The van der Waals surface area contributed by atoms with Crippen molar-refractivity contribution < 1.29 is 9.32 Å². The molecule has 3 rings (SSSR count). The predicted molar refractivity (Wildman–Crippen MR) is 88.5 cm³/mol. The Morgan fingerprint density at radius 1 is 1.46 bits per heavy atom. The highest BCUT2D eigenvalue weighted by Crippen LogP contribution is 2.16. The quantitative estimate of drug-likeness (QED) is 0.637. The van der Waals surface area contributed by atoms with Crippen LogP contribution in [0.5, 0.6) is 0 Å². The molecule has 9 heteroatoms. The van der Waals surface area contributed by atoms with E-state index in [9.17, 15) is 4.79 Å². The van der Waals surface area contributed by atoms with E-state index in [0.717, 1.165) is 17.9 Å². The van der Waals surface area contributed by atoms with E-state index in [2.05, 4.69) is 20.6 Å². The van der Waals surface area contributed by atoms with Crippen molar-refractivity contribution in [3.05, 3.63) is 30.4 Å². The number of hydrogen-bond acceptors (Lipinski definition) is 5. The average Bonchev–Trinajstić information content (AvgIpc) is 3.23. The van der Waals surface area contributed by atoms with Crippen LogP contribution in [0, 0.1) is 0 Å². The molecule has 2 aromatic heterocycles. The molecule has 3 heterocycles. The Hall–Kier alpha value is -2.84. The number of rotatable bonds is 4. The first-order chi connectivity index (χ1) is 11.7. The molecule has 9 nitrogen and oxygen atoms in total. The third-order valence-electron chi connectivity index (χ3n) is 3.74. The van der Waals surface area contributed by atoms with E-state index in [1.807, 2.05) is 25.1 Å². The lowest BCUT2D eigenvalue weighted by molar-refractivity contribution is -0.120. The maximum atomic E-state index is 12.5. The molecule has 0 aromatic carbocycles. The Morgan fingerprint density at radius 3 is 2.96 bits per heavy atom. The van der Waals surface area contributed by atoms with E-state index >= 15 is 0 Å². The van der Waals surface area contributed by atoms with E-state index in [4.69, 9.17) is 4.52 Å². The van der Waals surface area contributed by atoms with E-state index < -0.39 is 0 Å². The molecular weight excluding hydrogens is 310 g/mol. The molecule has 0 radical (unpaired) electrons. The highest BCUT2D eigenvalue weighted by molar-refractivity contribution is 5.98. The molecule has 1 aliphatic heterocycles. The van der Waals surface area contributed by atoms with Gasteiger partial charge in [0.25, 0.3) is 0 Å². The predicted octanol–water partition coefficient (Wildman–Crippen LogP) is 0.222. The van der Waals surface area contributed by atoms with Crippen LogP contribution in [-0.4, -0.2) is 57.9 Å². The van der Waals surface area contributed by atoms with E-state index in [-0.39, 0.29) is 12.5 Å². The van der Waals surface area contributed by atoms with Gasteiger partial charge in [-0.3, -0.25) is 9.48 Å². The summed E-state index contributed by atoms with van der Waals surface area (Å²) in [6, 6.07) is 1.78. The summed E-state index contributed by atoms with van der Waals surface area (Å²) in [5.74, 6) is 0.737. The number of hydrogen-bond donors (Lipinski definition) is 1. The van der Waals surface area contributed by atoms with Gasteiger partial charge in [-0.2, -0.15) is 5.10 Å². The van der Waals surface area contributed by atoms with Gasteiger partial charge in [-0.1, -0.05) is 5.16 Å². The van der Waals surface area contributed by atoms with Gasteiger partial charge in [0, 0.05) is 38.9 Å². The molecule has 1 fully saturated rings. The van der Waals surface area contributed by atoms with Crippen LogP contribution in [0.2, 0.25) is 0 Å². The van der Waals surface area contributed by atoms with E-state index in [0.29, 0.717) is 25.6 Å². The molecule has 1 amide bonds. The molecule has 128 valence electrons. The Balaban J connectivity index is 1.67. The van der Waals surface area contributed by atoms with Crippen LogP contribution < -0.4 is 10.2 Å². The first kappa shape index (κ1) is 16.0. The fourth-order valence-corrected chi connectivity index (χ4v) is 2.58. The smallest absolute Gasteiger partial charge is 0.246 e. The number of aryl methyl sites for hydroxylation is 1. The van der Waals surface area contributed by atoms with Gasteiger partial charge in [0.2, 0.25) is 5.91 Å². The van der Waals surface area contributed by atoms with E-state index in [1.54, 1.807) is 21.8 Å². The van der Waals surface area contributed by atoms with Crippen molar-refractivity contribution in [2.45, 2.75) is 13.5 Å². The summed E-state index contributed by atoms with van der Waals surface area (Å²) in [4.78, 5) is 20.7. The van der Waals surface area contributed by atoms with Crippen LogP contribution in [-0.2, 0) is 18.4 Å². The number of amides is 1. The summed E-state index contributed by atoms with van der Waals surface area (Å²) in [7, 11) is 1.84. The molecule has 24 heavy (non-hydrogen) atoms. The van der Waals surface area contributed by atoms with Gasteiger partial charge in [-0.15, -0.1) is 0 Å². The zero-order valence-electron chi connectivity index (χ0n) is 13.8. The molecular formula is C15H21N7O2. The number of aliphatic imine (C=N–C) groups is 1. The molecule has 0 aliphatic carbocycles. The molecule has 2 aromatic rings. The van der Waals surface area contributed by atoms with E-state index in [1.165, 1.54) is 6.26 Å². The third-order valence-corrected chi connectivity index (χ3v) is 3.74. The molecule has 0 unspecified atom stereocenters. The molecule has 1 saturated heterocycles. The number of nitrogens with zero attached hydrogens (tertiary/aromatic N) is 6. The Bertz CT molecular complexity index is 707. The van der Waals surface area contributed by atoms with Gasteiger partial charge in [-0.25, -0.2) is 4.99 Å². The molecule has 0 saturated carbocycles. The second-order valence-electron chi connectivity index (χ2n) is 5.50. The second-order valence-corrected chi connectivity index (χ2v) is 5.50. The topological polar surface area (TPSA) is 91.8 Å². The van der Waals surface area contributed by atoms with Crippen molar-refractivity contribution in [2.75, 3.05) is 31.1 Å². The van der Waals surface area contributed by atoms with Crippen LogP contribution >= 0.6 is 0 Å². The molecule has 0 bridgehead atoms. The maximum absolute atomic E-state index is 12.5. The van der Waals surface area contributed by atoms with Crippen LogP contribution in [0.3, 0.4) is 0 Å². The zero-order chi connectivity index (χ0) is 16.9. The summed E-state index contributed by atoms with van der Waals surface area (Å²) >= 11 is 0. The normalized spacial score (nSPS) is 15.9. The lowest BCUT2D eigenvalue weighted by Gasteiger charge is -2.35. The largest absolute Gasteiger partial charge is 0.364 e. The van der Waals surface area contributed by atoms with Crippen LogP contribution in [0.15, 0.2) is 34.2 Å². The monoisotopic (exact) mass is 331 g/mol. The Morgan fingerprint density at radius 2 is 2.33 bits per heavy atom. The molecule has 0 spiro atoms. The van der Waals surface area contributed by atoms with Crippen molar-refractivity contribution in [1.82, 2.24) is 25.2 Å². The summed E-state index contributed by atoms with van der Waals surface area (Å²) in [5, 5.41) is 11.2. The SMILES string of the molecule is CCNC(=NCc1ccon1)N1CCN(c2cnn(C)c2)C(=O)C1. The Kier molecular flexibility index (Phi) is 4.78. The first-order valence-electron chi connectivity index (χ1n) is 7.89. The maximum Gasteiger partial charge on any atom is 0.246 e. The van der Waals surface area contributed by atoms with Gasteiger partial charge in [0.15, 0.2) is 5.96 Å². The number of guanidine groups is 1. The first-order valence-corrected chi connectivity index (χ1v) is 7.89. The molecule has 1 N–H and O–H groups in total. The summed E-state index contributed by atoms with van der Waals surface area (Å²) in [6.45, 7) is 4.72. The van der Waals surface area contributed by atoms with Crippen molar-refractivity contribution in [3.63, 3.8) is 0 Å². The number of carbonyl (C=O) groups is 1. The minimum atomic E-state index is 0.0290. The van der Waals surface area contributed by atoms with Crippen molar-refractivity contribution >= 4 is 17.6 Å². The highest BCUT2D eigenvalue weighted by atomic mass is 16.5. The summed E-state index contributed by atoms with van der Waals surface area (Å²) < 4.78 is 6.51. The molecule has 0 atom stereocenters. The summed E-state index contributed by atoms with van der Waals surface area (Å²) in [6.07, 6.45) is 5.07. The van der Waals surface area contributed by atoms with Crippen LogP contribution in [0.25, 0.3) is 0 Å². The lowest BCUT2D eigenvalue weighted by Crippen LogP contribution is -2.55. The Labute approximate surface area is 139 Å². The number of anilines is 1. The van der Waals surface area contributed by atoms with Gasteiger partial charge in [-0.05, 0) is 6.92 Å². The fourth-order valence-electron chi connectivity index (χ4n) is 2.58. The third kappa shape index (κ3) is 3.55. The minimum absolute atomic E-state index is 0.0290. The lowest BCUT2D eigenvalue weighted by atomic mass is 10.3. The van der Waals surface area contributed by atoms with Crippen molar-refractivity contribution in [3.8, 4) is 0 Å². The highest BCUT2D eigenvalue weighted by Gasteiger charge is 2.27. The molecule has 1 aliphatic rings. The van der Waals surface area contributed by atoms with Gasteiger partial charge in [0.1, 0.15) is 18.5 Å². The second kappa shape index (κ2) is 7.16. The van der Waals surface area contributed by atoms with Gasteiger partial charge >= 0.3 is 0 Å². The minimum Gasteiger partial charge on any atom is -0.364 e. The van der Waals surface area contributed by atoms with Gasteiger partial charge < -0.3 is 19.6 Å². The average molecular weight is 331 g/mol. The standard InChI is InChI=1S/C15H21N7O2/c1-3-16-15(17-8-12-4-7-24-19-12)21-5-6-22(14(23)11-21)13-9-18-20(2)10-13/h4,7,9-10H,3,5-6,8,11H2,1-2H3,(H,16,17). The number of nitrogens with one attached hydrogen (secondary N) is 1. The van der Waals surface area contributed by atoms with Crippen LogP contribution in [0.1, 0.15) is 12.6 Å². The van der Waals surface area contributed by atoms with Crippen molar-refractivity contribution in [2.24, 2.45) is 12.0 Å². The zero-order valence-corrected chi connectivity index (χ0v) is 13.8. The van der Waals surface area contributed by atoms with Crippen molar-refractivity contribution in [1.29, 1.82) is 0 Å². The number of piperazine rings is 1. The summed E-state index contributed by atoms with van der Waals surface area (Å²) in [5.41, 5.74) is 1.58.